The molecule has 0 amide bonds. The van der Waals surface area contributed by atoms with Gasteiger partial charge in [-0.2, -0.15) is 0 Å². The smallest absolute Gasteiger partial charge is 0.156 e. The van der Waals surface area contributed by atoms with Crippen LogP contribution in [-0.4, -0.2) is 35.7 Å². The molecule has 10 heteroatoms. The van der Waals surface area contributed by atoms with Crippen LogP contribution in [0.25, 0.3) is 0 Å². The minimum Gasteiger partial charge on any atom is -0.489 e. The minimum atomic E-state index is -0.534. The summed E-state index contributed by atoms with van der Waals surface area (Å²) in [5.41, 5.74) is 1.16. The first-order valence-electron chi connectivity index (χ1n) is 9.15. The number of ether oxygens (including phenoxy) is 2. The maximum absolute atomic E-state index is 6.45. The Morgan fingerprint density at radius 2 is 0.968 bits per heavy atom. The fraction of sp³-hybridized carbons (Fsp3) is 0.429. The van der Waals surface area contributed by atoms with E-state index in [0.29, 0.717) is 31.6 Å². The fourth-order valence-corrected chi connectivity index (χ4v) is 4.22. The van der Waals surface area contributed by atoms with Gasteiger partial charge in [0.1, 0.15) is 13.2 Å². The molecule has 2 atom stereocenters. The summed E-state index contributed by atoms with van der Waals surface area (Å²) in [6.45, 7) is 4.38. The van der Waals surface area contributed by atoms with Gasteiger partial charge in [-0.05, 0) is 35.4 Å². The summed E-state index contributed by atoms with van der Waals surface area (Å²) in [4.78, 5) is 0. The third-order valence-electron chi connectivity index (χ3n) is 4.59. The summed E-state index contributed by atoms with van der Waals surface area (Å²) in [5.74, 6) is 1.21. The van der Waals surface area contributed by atoms with Crippen molar-refractivity contribution in [1.82, 2.24) is 0 Å². The Morgan fingerprint density at radius 3 is 1.23 bits per heavy atom. The molecular formula is C21H20Cl8O2. The molecule has 2 nitrogen and oxygen atoms in total. The number of hydrogen-bond acceptors (Lipinski definition) is 2. The summed E-state index contributed by atoms with van der Waals surface area (Å²) in [7, 11) is 0. The molecule has 0 aromatic heterocycles. The lowest BCUT2D eigenvalue weighted by Crippen LogP contribution is -2.20. The van der Waals surface area contributed by atoms with Gasteiger partial charge in [-0.3, -0.25) is 0 Å². The van der Waals surface area contributed by atoms with E-state index < -0.39 is 5.41 Å². The van der Waals surface area contributed by atoms with Gasteiger partial charge in [0.05, 0.1) is 30.8 Å². The number of alkyl halides is 4. The maximum Gasteiger partial charge on any atom is 0.156 e. The summed E-state index contributed by atoms with van der Waals surface area (Å²) in [6, 6.07) is 7.16. The van der Waals surface area contributed by atoms with Crippen molar-refractivity contribution < 1.29 is 9.47 Å². The first-order valence-corrected chi connectivity index (χ1v) is 12.6. The van der Waals surface area contributed by atoms with Gasteiger partial charge in [0.2, 0.25) is 0 Å². The lowest BCUT2D eigenvalue weighted by atomic mass is 9.78. The molecule has 31 heavy (non-hydrogen) atoms. The highest BCUT2D eigenvalue weighted by Crippen LogP contribution is 2.43. The summed E-state index contributed by atoms with van der Waals surface area (Å²) in [6.07, 6.45) is 0. The quantitative estimate of drug-likeness (QED) is 0.258. The summed E-state index contributed by atoms with van der Waals surface area (Å²) >= 11 is 49.2. The normalized spacial score (nSPS) is 13.7. The second-order valence-corrected chi connectivity index (χ2v) is 10.8. The van der Waals surface area contributed by atoms with Gasteiger partial charge >= 0.3 is 0 Å². The maximum atomic E-state index is 6.45. The average Bonchev–Trinajstić information content (AvgIpc) is 2.71. The van der Waals surface area contributed by atoms with Crippen molar-refractivity contribution >= 4 is 92.8 Å². The zero-order chi connectivity index (χ0) is 23.3. The van der Waals surface area contributed by atoms with E-state index in [0.717, 1.165) is 11.1 Å². The van der Waals surface area contributed by atoms with E-state index in [4.69, 9.17) is 102 Å². The predicted octanol–water partition coefficient (Wildman–Crippen LogP) is 9.08. The van der Waals surface area contributed by atoms with Crippen LogP contribution in [0.4, 0.5) is 0 Å². The van der Waals surface area contributed by atoms with Crippen LogP contribution in [0.2, 0.25) is 20.1 Å². The summed E-state index contributed by atoms with van der Waals surface area (Å²) < 4.78 is 11.3. The monoisotopic (exact) mass is 584 g/mol. The molecule has 2 unspecified atom stereocenters. The lowest BCUT2D eigenvalue weighted by Gasteiger charge is -2.28. The van der Waals surface area contributed by atoms with E-state index in [2.05, 4.69) is 0 Å². The van der Waals surface area contributed by atoms with E-state index in [1.807, 2.05) is 13.8 Å². The van der Waals surface area contributed by atoms with Crippen LogP contribution in [0.1, 0.15) is 25.0 Å². The molecule has 0 saturated heterocycles. The van der Waals surface area contributed by atoms with E-state index in [1.54, 1.807) is 24.3 Å². The molecule has 0 aliphatic rings. The fourth-order valence-electron chi connectivity index (χ4n) is 2.72. The van der Waals surface area contributed by atoms with Gasteiger partial charge in [0, 0.05) is 17.2 Å². The molecule has 0 bridgehead atoms. The summed E-state index contributed by atoms with van der Waals surface area (Å²) in [5, 5.41) is 0.739. The Labute approximate surface area is 222 Å². The van der Waals surface area contributed by atoms with Gasteiger partial charge in [-0.1, -0.05) is 60.3 Å². The van der Waals surface area contributed by atoms with Crippen molar-refractivity contribution in [1.29, 1.82) is 0 Å². The van der Waals surface area contributed by atoms with Crippen LogP contribution in [0.15, 0.2) is 24.3 Å². The van der Waals surface area contributed by atoms with E-state index >= 15 is 0 Å². The molecule has 0 heterocycles. The van der Waals surface area contributed by atoms with Crippen LogP contribution >= 0.6 is 92.8 Å². The number of rotatable bonds is 10. The average molecular weight is 588 g/mol. The van der Waals surface area contributed by atoms with Crippen molar-refractivity contribution in [2.24, 2.45) is 0 Å². The second kappa shape index (κ2) is 12.2. The zero-order valence-electron chi connectivity index (χ0n) is 16.6. The Morgan fingerprint density at radius 1 is 0.677 bits per heavy atom. The first-order chi connectivity index (χ1) is 14.5. The molecule has 0 aliphatic heterocycles. The van der Waals surface area contributed by atoms with Gasteiger partial charge in [0.25, 0.3) is 0 Å². The zero-order valence-corrected chi connectivity index (χ0v) is 22.7. The van der Waals surface area contributed by atoms with Gasteiger partial charge < -0.3 is 9.47 Å². The molecular weight excluding hydrogens is 568 g/mol. The van der Waals surface area contributed by atoms with Crippen molar-refractivity contribution in [3.8, 4) is 11.5 Å². The van der Waals surface area contributed by atoms with Crippen LogP contribution < -0.4 is 9.47 Å². The molecule has 2 aromatic rings. The molecule has 0 aliphatic carbocycles. The molecule has 0 radical (unpaired) electrons. The minimum absolute atomic E-state index is 0.187. The molecule has 0 N–H and O–H groups in total. The molecule has 2 aromatic carbocycles. The number of hydrogen-bond donors (Lipinski definition) is 0. The molecule has 172 valence electrons. The molecule has 0 saturated carbocycles. The van der Waals surface area contributed by atoms with E-state index in [9.17, 15) is 0 Å². The Balaban J connectivity index is 2.34. The predicted molar refractivity (Wildman–Crippen MR) is 137 cm³/mol. The Hall–Kier alpha value is 0.360. The van der Waals surface area contributed by atoms with Crippen molar-refractivity contribution in [2.75, 3.05) is 25.0 Å². The van der Waals surface area contributed by atoms with Crippen LogP contribution in [0.5, 0.6) is 11.5 Å². The van der Waals surface area contributed by atoms with E-state index in [-0.39, 0.29) is 35.7 Å². The molecule has 0 fully saturated rings. The highest BCUT2D eigenvalue weighted by Gasteiger charge is 2.28. The Bertz CT molecular complexity index is 785. The molecule has 2 rings (SSSR count). The standard InChI is InChI=1S/C21H20Cl8O2/c1-21(2,11-3-15(26)19(16(27)4-11)30-9-13(24)7-22)12-5-17(28)20(18(29)6-12)31-10-14(25)8-23/h3-6,13-14H,7-10H2,1-2H3. The second-order valence-electron chi connectivity index (χ2n) is 7.29. The van der Waals surface area contributed by atoms with Gasteiger partial charge in [0.15, 0.2) is 11.5 Å². The van der Waals surface area contributed by atoms with Crippen LogP contribution in [0, 0.1) is 0 Å². The highest BCUT2D eigenvalue weighted by molar-refractivity contribution is 6.38. The van der Waals surface area contributed by atoms with Crippen LogP contribution in [-0.2, 0) is 5.41 Å². The lowest BCUT2D eigenvalue weighted by molar-refractivity contribution is 0.321. The number of halogens is 8. The van der Waals surface area contributed by atoms with Crippen molar-refractivity contribution in [3.63, 3.8) is 0 Å². The van der Waals surface area contributed by atoms with Gasteiger partial charge in [-0.25, -0.2) is 0 Å². The van der Waals surface area contributed by atoms with Crippen LogP contribution in [0.3, 0.4) is 0 Å². The van der Waals surface area contributed by atoms with Crippen molar-refractivity contribution in [2.45, 2.75) is 30.0 Å². The largest absolute Gasteiger partial charge is 0.489 e. The Kier molecular flexibility index (Phi) is 10.8. The van der Waals surface area contributed by atoms with E-state index in [1.165, 1.54) is 0 Å². The topological polar surface area (TPSA) is 18.5 Å². The number of benzene rings is 2. The highest BCUT2D eigenvalue weighted by atomic mass is 35.5. The third kappa shape index (κ3) is 7.17. The third-order valence-corrected chi connectivity index (χ3v) is 7.34. The SMILES string of the molecule is CC(C)(c1cc(Cl)c(OCC(Cl)CCl)c(Cl)c1)c1cc(Cl)c(OCC(Cl)CCl)c(Cl)c1. The molecule has 0 spiro atoms. The van der Waals surface area contributed by atoms with Crippen molar-refractivity contribution in [3.05, 3.63) is 55.5 Å². The van der Waals surface area contributed by atoms with Gasteiger partial charge in [-0.15, -0.1) is 46.4 Å². The first kappa shape index (κ1) is 27.6.